The molecule has 5 nitrogen and oxygen atoms in total. The summed E-state index contributed by atoms with van der Waals surface area (Å²) in [4.78, 5) is 10.3. The Balaban J connectivity index is 1.68. The van der Waals surface area contributed by atoms with Gasteiger partial charge in [0.1, 0.15) is 5.75 Å². The van der Waals surface area contributed by atoms with Crippen LogP contribution in [0.3, 0.4) is 0 Å². The smallest absolute Gasteiger partial charge is 0.269 e. The highest BCUT2D eigenvalue weighted by Gasteiger charge is 2.05. The number of aryl methyl sites for hydroxylation is 1. The maximum Gasteiger partial charge on any atom is 0.269 e. The molecule has 2 aromatic rings. The van der Waals surface area contributed by atoms with E-state index < -0.39 is 0 Å². The van der Waals surface area contributed by atoms with Gasteiger partial charge >= 0.3 is 0 Å². The molecule has 0 aliphatic rings. The highest BCUT2D eigenvalue weighted by Crippen LogP contribution is 2.14. The van der Waals surface area contributed by atoms with Crippen LogP contribution < -0.4 is 10.1 Å². The lowest BCUT2D eigenvalue weighted by Crippen LogP contribution is -2.29. The van der Waals surface area contributed by atoms with E-state index in [9.17, 15) is 10.1 Å². The lowest BCUT2D eigenvalue weighted by Gasteiger charge is -2.14. The summed E-state index contributed by atoms with van der Waals surface area (Å²) in [5.41, 5.74) is 2.56. The van der Waals surface area contributed by atoms with Crippen molar-refractivity contribution in [3.63, 3.8) is 0 Å². The predicted octanol–water partition coefficient (Wildman–Crippen LogP) is 3.76. The van der Waals surface area contributed by atoms with Crippen molar-refractivity contribution >= 4 is 5.69 Å². The predicted molar refractivity (Wildman–Crippen MR) is 95.6 cm³/mol. The molecule has 0 amide bonds. The largest absolute Gasteiger partial charge is 0.497 e. The number of hydrogen-bond donors (Lipinski definition) is 1. The Hall–Kier alpha value is -2.40. The summed E-state index contributed by atoms with van der Waals surface area (Å²) in [7, 11) is 1.67. The molecule has 0 aliphatic carbocycles. The summed E-state index contributed by atoms with van der Waals surface area (Å²) in [6.07, 6.45) is 2.90. The van der Waals surface area contributed by atoms with E-state index in [1.165, 1.54) is 5.56 Å². The van der Waals surface area contributed by atoms with Gasteiger partial charge in [0.05, 0.1) is 12.0 Å². The van der Waals surface area contributed by atoms with E-state index in [2.05, 4.69) is 24.4 Å². The standard InChI is InChI=1S/C19H24N2O3/c1-15(14-17-7-11-19(24-2)12-8-17)20-13-3-4-16-5-9-18(10-6-16)21(22)23/h5-12,15,20H,3-4,13-14H2,1-2H3. The van der Waals surface area contributed by atoms with Gasteiger partial charge in [-0.05, 0) is 56.0 Å². The molecule has 0 aliphatic heterocycles. The first kappa shape index (κ1) is 17.9. The Kier molecular flexibility index (Phi) is 6.75. The number of nitrogens with one attached hydrogen (secondary N) is 1. The third-order valence-corrected chi connectivity index (χ3v) is 3.98. The first-order valence-corrected chi connectivity index (χ1v) is 8.18. The molecule has 1 unspecified atom stereocenters. The molecule has 0 heterocycles. The van der Waals surface area contributed by atoms with E-state index in [-0.39, 0.29) is 10.6 Å². The molecule has 2 rings (SSSR count). The van der Waals surface area contributed by atoms with Crippen LogP contribution in [0.2, 0.25) is 0 Å². The van der Waals surface area contributed by atoms with E-state index in [1.807, 2.05) is 24.3 Å². The maximum atomic E-state index is 10.6. The maximum absolute atomic E-state index is 10.6. The number of nitrogens with zero attached hydrogens (tertiary/aromatic N) is 1. The van der Waals surface area contributed by atoms with Crippen molar-refractivity contribution in [1.29, 1.82) is 0 Å². The van der Waals surface area contributed by atoms with Crippen molar-refractivity contribution in [3.8, 4) is 5.75 Å². The van der Waals surface area contributed by atoms with Gasteiger partial charge in [0, 0.05) is 18.2 Å². The fourth-order valence-electron chi connectivity index (χ4n) is 2.61. The van der Waals surface area contributed by atoms with Crippen LogP contribution in [0, 0.1) is 10.1 Å². The van der Waals surface area contributed by atoms with Crippen LogP contribution in [0.1, 0.15) is 24.5 Å². The molecule has 1 atom stereocenters. The van der Waals surface area contributed by atoms with Crippen molar-refractivity contribution < 1.29 is 9.66 Å². The summed E-state index contributed by atoms with van der Waals surface area (Å²) >= 11 is 0. The average molecular weight is 328 g/mol. The Morgan fingerprint density at radius 2 is 1.71 bits per heavy atom. The third kappa shape index (κ3) is 5.66. The van der Waals surface area contributed by atoms with Crippen LogP contribution in [-0.2, 0) is 12.8 Å². The van der Waals surface area contributed by atoms with Gasteiger partial charge in [0.25, 0.3) is 5.69 Å². The topological polar surface area (TPSA) is 64.4 Å². The highest BCUT2D eigenvalue weighted by atomic mass is 16.6. The minimum Gasteiger partial charge on any atom is -0.497 e. The SMILES string of the molecule is COc1ccc(CC(C)NCCCc2ccc([N+](=O)[O-])cc2)cc1. The Morgan fingerprint density at radius 3 is 2.29 bits per heavy atom. The molecule has 0 saturated carbocycles. The highest BCUT2D eigenvalue weighted by molar-refractivity contribution is 5.32. The van der Waals surface area contributed by atoms with Crippen molar-refractivity contribution in [1.82, 2.24) is 5.32 Å². The molecule has 0 spiro atoms. The molecular weight excluding hydrogens is 304 g/mol. The number of methoxy groups -OCH3 is 1. The van der Waals surface area contributed by atoms with Crippen LogP contribution in [0.5, 0.6) is 5.75 Å². The molecule has 24 heavy (non-hydrogen) atoms. The van der Waals surface area contributed by atoms with Crippen LogP contribution in [0.15, 0.2) is 48.5 Å². The number of hydrogen-bond acceptors (Lipinski definition) is 4. The molecule has 0 aromatic heterocycles. The first-order valence-electron chi connectivity index (χ1n) is 8.18. The Bertz CT molecular complexity index is 639. The average Bonchev–Trinajstić information content (AvgIpc) is 2.60. The lowest BCUT2D eigenvalue weighted by atomic mass is 10.1. The van der Waals surface area contributed by atoms with E-state index in [0.717, 1.165) is 37.1 Å². The van der Waals surface area contributed by atoms with Crippen molar-refractivity contribution in [2.75, 3.05) is 13.7 Å². The third-order valence-electron chi connectivity index (χ3n) is 3.98. The van der Waals surface area contributed by atoms with E-state index in [1.54, 1.807) is 19.2 Å². The van der Waals surface area contributed by atoms with E-state index in [4.69, 9.17) is 4.74 Å². The van der Waals surface area contributed by atoms with Gasteiger partial charge in [-0.25, -0.2) is 0 Å². The first-order chi connectivity index (χ1) is 11.6. The summed E-state index contributed by atoms with van der Waals surface area (Å²) < 4.78 is 5.16. The van der Waals surface area contributed by atoms with Crippen molar-refractivity contribution in [2.45, 2.75) is 32.2 Å². The van der Waals surface area contributed by atoms with Gasteiger partial charge in [-0.3, -0.25) is 10.1 Å². The monoisotopic (exact) mass is 328 g/mol. The molecule has 1 N–H and O–H groups in total. The normalized spacial score (nSPS) is 11.9. The lowest BCUT2D eigenvalue weighted by molar-refractivity contribution is -0.384. The van der Waals surface area contributed by atoms with Gasteiger partial charge < -0.3 is 10.1 Å². The van der Waals surface area contributed by atoms with E-state index in [0.29, 0.717) is 6.04 Å². The summed E-state index contributed by atoms with van der Waals surface area (Å²) in [5, 5.41) is 14.1. The summed E-state index contributed by atoms with van der Waals surface area (Å²) in [5.74, 6) is 0.877. The fraction of sp³-hybridized carbons (Fsp3) is 0.368. The second kappa shape index (κ2) is 9.03. The van der Waals surface area contributed by atoms with Gasteiger partial charge in [0.15, 0.2) is 0 Å². The Labute approximate surface area is 142 Å². The number of ether oxygens (including phenoxy) is 1. The van der Waals surface area contributed by atoms with Crippen molar-refractivity contribution in [3.05, 3.63) is 69.8 Å². The number of rotatable bonds is 9. The zero-order chi connectivity index (χ0) is 17.4. The quantitative estimate of drug-likeness (QED) is 0.432. The molecule has 0 radical (unpaired) electrons. The minimum absolute atomic E-state index is 0.144. The summed E-state index contributed by atoms with van der Waals surface area (Å²) in [6, 6.07) is 15.3. The molecule has 0 bridgehead atoms. The second-order valence-corrected chi connectivity index (χ2v) is 5.93. The van der Waals surface area contributed by atoms with Gasteiger partial charge in [-0.2, -0.15) is 0 Å². The molecule has 0 saturated heterocycles. The molecule has 0 fully saturated rings. The fourth-order valence-corrected chi connectivity index (χ4v) is 2.61. The number of nitro groups is 1. The molecular formula is C19H24N2O3. The molecule has 128 valence electrons. The van der Waals surface area contributed by atoms with Crippen molar-refractivity contribution in [2.24, 2.45) is 0 Å². The van der Waals surface area contributed by atoms with Crippen LogP contribution in [0.4, 0.5) is 5.69 Å². The van der Waals surface area contributed by atoms with Crippen LogP contribution in [-0.4, -0.2) is 24.6 Å². The summed E-state index contributed by atoms with van der Waals surface area (Å²) in [6.45, 7) is 3.10. The van der Waals surface area contributed by atoms with Crippen LogP contribution in [0.25, 0.3) is 0 Å². The Morgan fingerprint density at radius 1 is 1.08 bits per heavy atom. The number of non-ortho nitro benzene ring substituents is 1. The van der Waals surface area contributed by atoms with Crippen LogP contribution >= 0.6 is 0 Å². The number of benzene rings is 2. The number of nitro benzene ring substituents is 1. The zero-order valence-corrected chi connectivity index (χ0v) is 14.2. The van der Waals surface area contributed by atoms with Gasteiger partial charge in [0.2, 0.25) is 0 Å². The second-order valence-electron chi connectivity index (χ2n) is 5.93. The molecule has 2 aromatic carbocycles. The zero-order valence-electron chi connectivity index (χ0n) is 14.2. The van der Waals surface area contributed by atoms with Gasteiger partial charge in [-0.1, -0.05) is 24.3 Å². The molecule has 5 heteroatoms. The van der Waals surface area contributed by atoms with E-state index >= 15 is 0 Å². The minimum atomic E-state index is -0.369. The van der Waals surface area contributed by atoms with Gasteiger partial charge in [-0.15, -0.1) is 0 Å².